The van der Waals surface area contributed by atoms with Crippen LogP contribution in [0.15, 0.2) is 24.3 Å². The van der Waals surface area contributed by atoms with Crippen LogP contribution >= 0.6 is 11.6 Å². The van der Waals surface area contributed by atoms with Crippen molar-refractivity contribution in [3.63, 3.8) is 0 Å². The molecule has 2 aliphatic rings. The summed E-state index contributed by atoms with van der Waals surface area (Å²) in [7, 11) is 0. The quantitative estimate of drug-likeness (QED) is 0.815. The Morgan fingerprint density at radius 3 is 2.67 bits per heavy atom. The van der Waals surface area contributed by atoms with Crippen molar-refractivity contribution in [2.24, 2.45) is 0 Å². The van der Waals surface area contributed by atoms with Gasteiger partial charge in [-0.2, -0.15) is 0 Å². The molecule has 1 aliphatic carbocycles. The molecule has 6 heteroatoms. The van der Waals surface area contributed by atoms with Crippen LogP contribution < -0.4 is 4.90 Å². The molecule has 1 saturated heterocycles. The van der Waals surface area contributed by atoms with Crippen molar-refractivity contribution in [3.8, 4) is 0 Å². The van der Waals surface area contributed by atoms with E-state index in [0.29, 0.717) is 11.4 Å². The summed E-state index contributed by atoms with van der Waals surface area (Å²) in [5, 5.41) is 0.675. The molecule has 2 heterocycles. The lowest BCUT2D eigenvalue weighted by Gasteiger charge is -2.37. The van der Waals surface area contributed by atoms with Crippen molar-refractivity contribution in [2.45, 2.75) is 39.0 Å². The minimum absolute atomic E-state index is 0.165. The number of carbonyl (C=O) groups excluding carboxylic acids is 1. The molecule has 0 spiro atoms. The van der Waals surface area contributed by atoms with Gasteiger partial charge in [0, 0.05) is 42.5 Å². The summed E-state index contributed by atoms with van der Waals surface area (Å²) >= 11 is 6.03. The number of piperazine rings is 1. The molecule has 2 aromatic rings. The van der Waals surface area contributed by atoms with E-state index < -0.39 is 0 Å². The molecule has 1 aromatic heterocycles. The van der Waals surface area contributed by atoms with Crippen molar-refractivity contribution in [3.05, 3.63) is 51.9 Å². The highest BCUT2D eigenvalue weighted by Crippen LogP contribution is 2.28. The summed E-state index contributed by atoms with van der Waals surface area (Å²) in [6.07, 6.45) is 4.96. The fourth-order valence-electron chi connectivity index (χ4n) is 4.06. The lowest BCUT2D eigenvalue weighted by molar-refractivity contribution is -0.130. The minimum Gasteiger partial charge on any atom is -0.353 e. The number of aryl methyl sites for hydroxylation is 2. The SMILES string of the molecule is Cc1nc2c(c(N3CCN(C(=O)Cc4cccc(Cl)c4)CC3)n1)CCCC2. The molecule has 1 aromatic carbocycles. The van der Waals surface area contributed by atoms with E-state index in [-0.39, 0.29) is 5.91 Å². The normalized spacial score (nSPS) is 17.0. The molecule has 0 radical (unpaired) electrons. The number of anilines is 1. The molecule has 27 heavy (non-hydrogen) atoms. The van der Waals surface area contributed by atoms with Crippen LogP contribution in [-0.2, 0) is 24.1 Å². The highest BCUT2D eigenvalue weighted by atomic mass is 35.5. The standard InChI is InChI=1S/C21H25ClN4O/c1-15-23-19-8-3-2-7-18(19)21(24-15)26-11-9-25(10-12-26)20(27)14-16-5-4-6-17(22)13-16/h4-6,13H,2-3,7-12,14H2,1H3. The zero-order chi connectivity index (χ0) is 18.8. The van der Waals surface area contributed by atoms with Crippen LogP contribution in [0.4, 0.5) is 5.82 Å². The Kier molecular flexibility index (Phi) is 5.30. The van der Waals surface area contributed by atoms with E-state index in [0.717, 1.165) is 56.2 Å². The van der Waals surface area contributed by atoms with Crippen LogP contribution in [0.1, 0.15) is 35.5 Å². The largest absolute Gasteiger partial charge is 0.353 e. The molecule has 0 saturated carbocycles. The Hall–Kier alpha value is -2.14. The Bertz CT molecular complexity index is 846. The number of nitrogens with zero attached hydrogens (tertiary/aromatic N) is 4. The first kappa shape index (κ1) is 18.2. The van der Waals surface area contributed by atoms with E-state index >= 15 is 0 Å². The van der Waals surface area contributed by atoms with Gasteiger partial charge in [0.05, 0.1) is 6.42 Å². The molecule has 4 rings (SSSR count). The van der Waals surface area contributed by atoms with Gasteiger partial charge in [-0.1, -0.05) is 23.7 Å². The van der Waals surface area contributed by atoms with Crippen molar-refractivity contribution in [1.82, 2.24) is 14.9 Å². The maximum Gasteiger partial charge on any atom is 0.227 e. The molecule has 0 N–H and O–H groups in total. The van der Waals surface area contributed by atoms with Crippen LogP contribution in [-0.4, -0.2) is 47.0 Å². The van der Waals surface area contributed by atoms with Crippen LogP contribution in [0, 0.1) is 6.92 Å². The fourth-order valence-corrected chi connectivity index (χ4v) is 4.27. The topological polar surface area (TPSA) is 49.3 Å². The first-order valence-corrected chi connectivity index (χ1v) is 10.1. The molecular weight excluding hydrogens is 360 g/mol. The number of amides is 1. The molecule has 142 valence electrons. The first-order chi connectivity index (χ1) is 13.1. The maximum absolute atomic E-state index is 12.6. The summed E-state index contributed by atoms with van der Waals surface area (Å²) in [5.41, 5.74) is 3.52. The van der Waals surface area contributed by atoms with Crippen molar-refractivity contribution in [2.75, 3.05) is 31.1 Å². The Labute approximate surface area is 165 Å². The molecule has 5 nitrogen and oxygen atoms in total. The lowest BCUT2D eigenvalue weighted by Crippen LogP contribution is -2.49. The van der Waals surface area contributed by atoms with Gasteiger partial charge < -0.3 is 9.80 Å². The first-order valence-electron chi connectivity index (χ1n) is 9.74. The number of halogens is 1. The fraction of sp³-hybridized carbons (Fsp3) is 0.476. The van der Waals surface area contributed by atoms with E-state index in [2.05, 4.69) is 9.88 Å². The Balaban J connectivity index is 1.42. The van der Waals surface area contributed by atoms with Crippen LogP contribution in [0.3, 0.4) is 0 Å². The van der Waals surface area contributed by atoms with Gasteiger partial charge in [0.25, 0.3) is 0 Å². The minimum atomic E-state index is 0.165. The molecule has 1 fully saturated rings. The Morgan fingerprint density at radius 1 is 1.11 bits per heavy atom. The number of aromatic nitrogens is 2. The van der Waals surface area contributed by atoms with Gasteiger partial charge in [0.1, 0.15) is 11.6 Å². The number of hydrogen-bond donors (Lipinski definition) is 0. The molecular formula is C21H25ClN4O. The summed E-state index contributed by atoms with van der Waals surface area (Å²) in [5.74, 6) is 2.11. The summed E-state index contributed by atoms with van der Waals surface area (Å²) in [4.78, 5) is 26.3. The summed E-state index contributed by atoms with van der Waals surface area (Å²) in [6.45, 7) is 5.09. The number of hydrogen-bond acceptors (Lipinski definition) is 4. The zero-order valence-electron chi connectivity index (χ0n) is 15.7. The average Bonchev–Trinajstić information content (AvgIpc) is 2.67. The van der Waals surface area contributed by atoms with E-state index in [1.807, 2.05) is 36.1 Å². The van der Waals surface area contributed by atoms with Crippen molar-refractivity contribution in [1.29, 1.82) is 0 Å². The van der Waals surface area contributed by atoms with Crippen LogP contribution in [0.2, 0.25) is 5.02 Å². The number of carbonyl (C=O) groups is 1. The lowest BCUT2D eigenvalue weighted by atomic mass is 9.96. The third-order valence-electron chi connectivity index (χ3n) is 5.45. The predicted octanol–water partition coefficient (Wildman–Crippen LogP) is 3.21. The van der Waals surface area contributed by atoms with Crippen molar-refractivity contribution < 1.29 is 4.79 Å². The monoisotopic (exact) mass is 384 g/mol. The number of rotatable bonds is 3. The highest BCUT2D eigenvalue weighted by molar-refractivity contribution is 6.30. The number of fused-ring (bicyclic) bond motifs is 1. The molecule has 1 aliphatic heterocycles. The van der Waals surface area contributed by atoms with Gasteiger partial charge in [0.2, 0.25) is 5.91 Å². The second-order valence-corrected chi connectivity index (χ2v) is 7.84. The maximum atomic E-state index is 12.6. The predicted molar refractivity (Wildman–Crippen MR) is 107 cm³/mol. The summed E-state index contributed by atoms with van der Waals surface area (Å²) < 4.78 is 0. The van der Waals surface area contributed by atoms with Gasteiger partial charge in [-0.25, -0.2) is 9.97 Å². The van der Waals surface area contributed by atoms with E-state index in [9.17, 15) is 4.79 Å². The second-order valence-electron chi connectivity index (χ2n) is 7.40. The summed E-state index contributed by atoms with van der Waals surface area (Å²) in [6, 6.07) is 7.55. The smallest absolute Gasteiger partial charge is 0.227 e. The molecule has 1 amide bonds. The average molecular weight is 385 g/mol. The van der Waals surface area contributed by atoms with Gasteiger partial charge >= 0.3 is 0 Å². The third-order valence-corrected chi connectivity index (χ3v) is 5.68. The van der Waals surface area contributed by atoms with E-state index in [1.165, 1.54) is 24.1 Å². The molecule has 0 bridgehead atoms. The van der Waals surface area contributed by atoms with Gasteiger partial charge in [0.15, 0.2) is 0 Å². The number of benzene rings is 1. The van der Waals surface area contributed by atoms with E-state index in [4.69, 9.17) is 16.6 Å². The van der Waals surface area contributed by atoms with Crippen molar-refractivity contribution >= 4 is 23.3 Å². The van der Waals surface area contributed by atoms with Gasteiger partial charge in [-0.3, -0.25) is 4.79 Å². The van der Waals surface area contributed by atoms with Crippen LogP contribution in [0.25, 0.3) is 0 Å². The third kappa shape index (κ3) is 4.08. The van der Waals surface area contributed by atoms with E-state index in [1.54, 1.807) is 0 Å². The Morgan fingerprint density at radius 2 is 1.89 bits per heavy atom. The zero-order valence-corrected chi connectivity index (χ0v) is 16.5. The molecule has 0 atom stereocenters. The molecule has 0 unspecified atom stereocenters. The van der Waals surface area contributed by atoms with Gasteiger partial charge in [-0.05, 0) is 50.3 Å². The highest BCUT2D eigenvalue weighted by Gasteiger charge is 2.26. The van der Waals surface area contributed by atoms with Gasteiger partial charge in [-0.15, -0.1) is 0 Å². The second kappa shape index (κ2) is 7.85. The van der Waals surface area contributed by atoms with Crippen LogP contribution in [0.5, 0.6) is 0 Å².